The standard InChI is InChI=1S/C14H23N7O8/c15-2-9(23)17-5-12(26)21-7(1-8(16)22)14(29)20-4-11(25)18-3-10(24)19-6-13(27)28/h7H,1-6,15H2,(H2,16,22)(H,17,23)(H,18,25)(H,19,24)(H,20,29)(H,21,26)(H,27,28)/t7-/m0/s1. The van der Waals surface area contributed by atoms with Crippen molar-refractivity contribution in [3.8, 4) is 0 Å². The van der Waals surface area contributed by atoms with Crippen LogP contribution in [0, 0.1) is 0 Å². The van der Waals surface area contributed by atoms with Crippen LogP contribution >= 0.6 is 0 Å². The highest BCUT2D eigenvalue weighted by Crippen LogP contribution is 1.92. The third kappa shape index (κ3) is 13.1. The number of carbonyl (C=O) groups excluding carboxylic acids is 6. The molecule has 0 aromatic carbocycles. The Morgan fingerprint density at radius 2 is 1.21 bits per heavy atom. The van der Waals surface area contributed by atoms with Crippen molar-refractivity contribution >= 4 is 41.4 Å². The van der Waals surface area contributed by atoms with E-state index in [1.54, 1.807) is 0 Å². The molecule has 0 aromatic heterocycles. The van der Waals surface area contributed by atoms with Crippen LogP contribution in [-0.2, 0) is 33.6 Å². The predicted octanol–water partition coefficient (Wildman–Crippen LogP) is -6.15. The summed E-state index contributed by atoms with van der Waals surface area (Å²) in [6.45, 7) is -2.58. The van der Waals surface area contributed by atoms with E-state index >= 15 is 0 Å². The summed E-state index contributed by atoms with van der Waals surface area (Å²) in [7, 11) is 0. The second-order valence-corrected chi connectivity index (χ2v) is 5.44. The number of amides is 6. The number of carbonyl (C=O) groups is 7. The van der Waals surface area contributed by atoms with E-state index < -0.39 is 80.1 Å². The molecule has 10 N–H and O–H groups in total. The second kappa shape index (κ2) is 13.4. The van der Waals surface area contributed by atoms with E-state index in [1.165, 1.54) is 0 Å². The number of nitrogens with one attached hydrogen (secondary N) is 5. The highest BCUT2D eigenvalue weighted by Gasteiger charge is 2.23. The van der Waals surface area contributed by atoms with Crippen LogP contribution in [0.2, 0.25) is 0 Å². The Morgan fingerprint density at radius 1 is 0.724 bits per heavy atom. The van der Waals surface area contributed by atoms with Gasteiger partial charge in [0.15, 0.2) is 0 Å². The molecule has 0 aliphatic carbocycles. The minimum Gasteiger partial charge on any atom is -0.480 e. The predicted molar refractivity (Wildman–Crippen MR) is 94.5 cm³/mol. The molecule has 15 heteroatoms. The van der Waals surface area contributed by atoms with Crippen molar-refractivity contribution in [2.45, 2.75) is 12.5 Å². The van der Waals surface area contributed by atoms with Crippen molar-refractivity contribution in [1.82, 2.24) is 26.6 Å². The zero-order valence-electron chi connectivity index (χ0n) is 15.3. The lowest BCUT2D eigenvalue weighted by atomic mass is 10.2. The molecule has 0 aliphatic heterocycles. The van der Waals surface area contributed by atoms with Crippen molar-refractivity contribution < 1.29 is 38.7 Å². The number of primary amides is 1. The first-order valence-electron chi connectivity index (χ1n) is 8.12. The van der Waals surface area contributed by atoms with E-state index in [-0.39, 0.29) is 6.54 Å². The van der Waals surface area contributed by atoms with Gasteiger partial charge in [0.25, 0.3) is 0 Å². The Labute approximate surface area is 164 Å². The summed E-state index contributed by atoms with van der Waals surface area (Å²) >= 11 is 0. The van der Waals surface area contributed by atoms with Crippen LogP contribution in [0.1, 0.15) is 6.42 Å². The van der Waals surface area contributed by atoms with Crippen LogP contribution in [0.25, 0.3) is 0 Å². The minimum absolute atomic E-state index is 0.345. The topological polar surface area (TPSA) is 252 Å². The van der Waals surface area contributed by atoms with Crippen LogP contribution in [-0.4, -0.2) is 85.3 Å². The van der Waals surface area contributed by atoms with Crippen LogP contribution in [0.3, 0.4) is 0 Å². The quantitative estimate of drug-likeness (QED) is 0.142. The fraction of sp³-hybridized carbons (Fsp3) is 0.500. The SMILES string of the molecule is NCC(=O)NCC(=O)N[C@@H](CC(N)=O)C(=O)NCC(=O)NCC(=O)NCC(=O)O. The molecular formula is C14H23N7O8. The van der Waals surface area contributed by atoms with Gasteiger partial charge < -0.3 is 43.2 Å². The average Bonchev–Trinajstić information content (AvgIpc) is 2.65. The first-order chi connectivity index (χ1) is 13.5. The third-order valence-electron chi connectivity index (χ3n) is 2.99. The molecule has 0 rings (SSSR count). The summed E-state index contributed by atoms with van der Waals surface area (Å²) in [6, 6.07) is -1.40. The van der Waals surface area contributed by atoms with E-state index in [2.05, 4.69) is 21.3 Å². The zero-order valence-corrected chi connectivity index (χ0v) is 15.3. The Balaban J connectivity index is 4.47. The summed E-state index contributed by atoms with van der Waals surface area (Å²) in [5.41, 5.74) is 10.1. The number of carboxylic acid groups (broad SMARTS) is 1. The minimum atomic E-state index is -1.40. The van der Waals surface area contributed by atoms with Gasteiger partial charge in [0, 0.05) is 0 Å². The van der Waals surface area contributed by atoms with E-state index in [0.717, 1.165) is 0 Å². The second-order valence-electron chi connectivity index (χ2n) is 5.44. The van der Waals surface area contributed by atoms with Crippen molar-refractivity contribution in [1.29, 1.82) is 0 Å². The van der Waals surface area contributed by atoms with Crippen molar-refractivity contribution in [3.63, 3.8) is 0 Å². The van der Waals surface area contributed by atoms with Crippen LogP contribution in [0.4, 0.5) is 0 Å². The summed E-state index contributed by atoms with van der Waals surface area (Å²) in [4.78, 5) is 79.0. The van der Waals surface area contributed by atoms with E-state index in [9.17, 15) is 33.6 Å². The molecule has 1 atom stereocenters. The van der Waals surface area contributed by atoms with Crippen LogP contribution in [0.15, 0.2) is 0 Å². The number of rotatable bonds is 13. The van der Waals surface area contributed by atoms with Gasteiger partial charge in [-0.2, -0.15) is 0 Å². The molecular weight excluding hydrogens is 394 g/mol. The summed E-state index contributed by atoms with van der Waals surface area (Å²) in [6.07, 6.45) is -0.568. The molecule has 0 aliphatic rings. The third-order valence-corrected chi connectivity index (χ3v) is 2.99. The fourth-order valence-corrected chi connectivity index (χ4v) is 1.68. The van der Waals surface area contributed by atoms with E-state index in [0.29, 0.717) is 0 Å². The maximum absolute atomic E-state index is 12.1. The van der Waals surface area contributed by atoms with Crippen molar-refractivity contribution in [2.75, 3.05) is 32.7 Å². The lowest BCUT2D eigenvalue weighted by Gasteiger charge is -2.17. The van der Waals surface area contributed by atoms with Gasteiger partial charge in [0.05, 0.1) is 32.6 Å². The maximum atomic E-state index is 12.1. The van der Waals surface area contributed by atoms with Gasteiger partial charge in [-0.15, -0.1) is 0 Å². The molecule has 0 bridgehead atoms. The normalized spacial score (nSPS) is 10.8. The molecule has 0 saturated carbocycles. The summed E-state index contributed by atoms with van der Waals surface area (Å²) in [5.74, 6) is -6.03. The zero-order chi connectivity index (χ0) is 22.4. The highest BCUT2D eigenvalue weighted by atomic mass is 16.4. The molecule has 0 spiro atoms. The molecule has 29 heavy (non-hydrogen) atoms. The number of nitrogens with two attached hydrogens (primary N) is 2. The molecule has 162 valence electrons. The van der Waals surface area contributed by atoms with Crippen LogP contribution in [0.5, 0.6) is 0 Å². The van der Waals surface area contributed by atoms with Crippen molar-refractivity contribution in [3.05, 3.63) is 0 Å². The lowest BCUT2D eigenvalue weighted by molar-refractivity contribution is -0.137. The molecule has 0 saturated heterocycles. The first kappa shape index (κ1) is 25.2. The molecule has 15 nitrogen and oxygen atoms in total. The van der Waals surface area contributed by atoms with Gasteiger partial charge in [-0.05, 0) is 0 Å². The fourth-order valence-electron chi connectivity index (χ4n) is 1.68. The van der Waals surface area contributed by atoms with E-state index in [4.69, 9.17) is 16.6 Å². The first-order valence-corrected chi connectivity index (χ1v) is 8.12. The molecule has 0 fully saturated rings. The van der Waals surface area contributed by atoms with Gasteiger partial charge in [-0.1, -0.05) is 0 Å². The number of hydrogen-bond acceptors (Lipinski definition) is 8. The average molecular weight is 417 g/mol. The van der Waals surface area contributed by atoms with E-state index in [1.807, 2.05) is 5.32 Å². The molecule has 0 heterocycles. The maximum Gasteiger partial charge on any atom is 0.322 e. The molecule has 6 amide bonds. The van der Waals surface area contributed by atoms with Gasteiger partial charge in [-0.3, -0.25) is 33.6 Å². The Hall–Kier alpha value is -3.75. The van der Waals surface area contributed by atoms with Gasteiger partial charge in [0.2, 0.25) is 35.4 Å². The smallest absolute Gasteiger partial charge is 0.322 e. The number of carboxylic acids is 1. The van der Waals surface area contributed by atoms with Gasteiger partial charge >= 0.3 is 5.97 Å². The Kier molecular flexibility index (Phi) is 11.7. The Morgan fingerprint density at radius 3 is 1.72 bits per heavy atom. The van der Waals surface area contributed by atoms with Gasteiger partial charge in [0.1, 0.15) is 12.6 Å². The summed E-state index contributed by atoms with van der Waals surface area (Å²) in [5, 5.41) is 19.0. The monoisotopic (exact) mass is 417 g/mol. The van der Waals surface area contributed by atoms with Gasteiger partial charge in [-0.25, -0.2) is 0 Å². The largest absolute Gasteiger partial charge is 0.480 e. The number of aliphatic carboxylic acids is 1. The van der Waals surface area contributed by atoms with Crippen molar-refractivity contribution in [2.24, 2.45) is 11.5 Å². The van der Waals surface area contributed by atoms with Crippen LogP contribution < -0.4 is 38.1 Å². The molecule has 0 radical (unpaired) electrons. The Bertz CT molecular complexity index is 666. The summed E-state index contributed by atoms with van der Waals surface area (Å²) < 4.78 is 0. The molecule has 0 aromatic rings. The highest BCUT2D eigenvalue weighted by molar-refractivity contribution is 5.95. The lowest BCUT2D eigenvalue weighted by Crippen LogP contribution is -2.52. The molecule has 0 unspecified atom stereocenters. The number of hydrogen-bond donors (Lipinski definition) is 8.